The lowest BCUT2D eigenvalue weighted by molar-refractivity contribution is 0.623. The van der Waals surface area contributed by atoms with Crippen LogP contribution in [0.3, 0.4) is 0 Å². The van der Waals surface area contributed by atoms with Gasteiger partial charge in [0.2, 0.25) is 0 Å². The van der Waals surface area contributed by atoms with Gasteiger partial charge in [0.25, 0.3) is 0 Å². The topological polar surface area (TPSA) is 50.7 Å². The Hall–Kier alpha value is -1.19. The Kier molecular flexibility index (Phi) is 3.17. The summed E-state index contributed by atoms with van der Waals surface area (Å²) in [6.45, 7) is 6.15. The maximum atomic E-state index is 4.26. The first kappa shape index (κ1) is 9.89. The molecule has 0 spiro atoms. The highest BCUT2D eigenvalue weighted by Crippen LogP contribution is 2.12. The predicted molar refractivity (Wildman–Crippen MR) is 52.7 cm³/mol. The summed E-state index contributed by atoms with van der Waals surface area (Å²) < 4.78 is 0. The minimum absolute atomic E-state index is 0.575. The van der Waals surface area contributed by atoms with E-state index in [0.717, 1.165) is 17.9 Å². The van der Waals surface area contributed by atoms with E-state index < -0.39 is 0 Å². The molecule has 0 bridgehead atoms. The van der Waals surface area contributed by atoms with Crippen LogP contribution in [0, 0.1) is 12.8 Å². The van der Waals surface area contributed by atoms with Gasteiger partial charge in [0.05, 0.1) is 0 Å². The van der Waals surface area contributed by atoms with E-state index in [9.17, 15) is 0 Å². The Morgan fingerprint density at radius 1 is 1.31 bits per heavy atom. The summed E-state index contributed by atoms with van der Waals surface area (Å²) in [4.78, 5) is 4.26. The number of nitrogens with zero attached hydrogens (tertiary/aromatic N) is 3. The molecule has 0 amide bonds. The lowest BCUT2D eigenvalue weighted by atomic mass is 10.1. The van der Waals surface area contributed by atoms with E-state index in [2.05, 4.69) is 34.3 Å². The fourth-order valence-electron chi connectivity index (χ4n) is 1.15. The van der Waals surface area contributed by atoms with Crippen molar-refractivity contribution in [3.05, 3.63) is 11.5 Å². The fourth-order valence-corrected chi connectivity index (χ4v) is 1.15. The lowest BCUT2D eigenvalue weighted by Gasteiger charge is -2.08. The first-order valence-corrected chi connectivity index (χ1v) is 4.51. The number of anilines is 1. The van der Waals surface area contributed by atoms with E-state index in [1.165, 1.54) is 0 Å². The number of aromatic nitrogens is 3. The molecule has 0 saturated heterocycles. The van der Waals surface area contributed by atoms with Gasteiger partial charge in [-0.25, -0.2) is 4.98 Å². The maximum absolute atomic E-state index is 4.26. The molecule has 0 aliphatic heterocycles. The summed E-state index contributed by atoms with van der Waals surface area (Å²) in [5.41, 5.74) is 0.947. The van der Waals surface area contributed by atoms with Gasteiger partial charge >= 0.3 is 0 Å². The SMILES string of the molecule is CNc1nc(C)nnc1CC(C)C. The lowest BCUT2D eigenvalue weighted by Crippen LogP contribution is -2.08. The highest BCUT2D eigenvalue weighted by molar-refractivity contribution is 5.38. The number of aryl methyl sites for hydroxylation is 1. The van der Waals surface area contributed by atoms with E-state index in [0.29, 0.717) is 11.7 Å². The zero-order chi connectivity index (χ0) is 9.84. The van der Waals surface area contributed by atoms with Crippen LogP contribution in [0.1, 0.15) is 25.4 Å². The molecule has 1 aromatic rings. The quantitative estimate of drug-likeness (QED) is 0.764. The molecule has 0 fully saturated rings. The molecular weight excluding hydrogens is 164 g/mol. The summed E-state index contributed by atoms with van der Waals surface area (Å²) in [6, 6.07) is 0. The highest BCUT2D eigenvalue weighted by atomic mass is 15.2. The van der Waals surface area contributed by atoms with Gasteiger partial charge in [-0.1, -0.05) is 13.8 Å². The number of rotatable bonds is 3. The smallest absolute Gasteiger partial charge is 0.151 e. The van der Waals surface area contributed by atoms with Crippen molar-refractivity contribution in [2.45, 2.75) is 27.2 Å². The van der Waals surface area contributed by atoms with E-state index in [4.69, 9.17) is 0 Å². The van der Waals surface area contributed by atoms with E-state index in [1.807, 2.05) is 14.0 Å². The van der Waals surface area contributed by atoms with Crippen molar-refractivity contribution in [1.29, 1.82) is 0 Å². The van der Waals surface area contributed by atoms with Crippen molar-refractivity contribution in [3.8, 4) is 0 Å². The molecule has 1 rings (SSSR count). The van der Waals surface area contributed by atoms with Crippen molar-refractivity contribution in [1.82, 2.24) is 15.2 Å². The third-order valence-corrected chi connectivity index (χ3v) is 1.70. The fraction of sp³-hybridized carbons (Fsp3) is 0.667. The minimum atomic E-state index is 0.575. The largest absolute Gasteiger partial charge is 0.372 e. The Morgan fingerprint density at radius 3 is 2.54 bits per heavy atom. The van der Waals surface area contributed by atoms with Gasteiger partial charge in [-0.15, -0.1) is 10.2 Å². The maximum Gasteiger partial charge on any atom is 0.151 e. The Labute approximate surface area is 78.8 Å². The van der Waals surface area contributed by atoms with Crippen molar-refractivity contribution >= 4 is 5.82 Å². The Morgan fingerprint density at radius 2 is 2.00 bits per heavy atom. The number of nitrogens with one attached hydrogen (secondary N) is 1. The summed E-state index contributed by atoms with van der Waals surface area (Å²) in [5, 5.41) is 11.1. The normalized spacial score (nSPS) is 10.5. The van der Waals surface area contributed by atoms with Crippen LogP contribution in [0.25, 0.3) is 0 Å². The molecule has 72 valence electrons. The molecule has 13 heavy (non-hydrogen) atoms. The van der Waals surface area contributed by atoms with E-state index in [1.54, 1.807) is 0 Å². The summed E-state index contributed by atoms with van der Waals surface area (Å²) in [5.74, 6) is 2.13. The molecule has 0 unspecified atom stereocenters. The van der Waals surface area contributed by atoms with E-state index in [-0.39, 0.29) is 0 Å². The van der Waals surface area contributed by atoms with Gasteiger partial charge in [-0.2, -0.15) is 0 Å². The van der Waals surface area contributed by atoms with Crippen LogP contribution in [0.4, 0.5) is 5.82 Å². The van der Waals surface area contributed by atoms with Crippen LogP contribution in [0.5, 0.6) is 0 Å². The predicted octanol–water partition coefficient (Wildman–Crippen LogP) is 1.42. The molecule has 4 nitrogen and oxygen atoms in total. The van der Waals surface area contributed by atoms with Crippen LogP contribution in [0.2, 0.25) is 0 Å². The Bertz CT molecular complexity index is 283. The standard InChI is InChI=1S/C9H16N4/c1-6(2)5-8-9(10-4)11-7(3)12-13-8/h6H,5H2,1-4H3,(H,10,11,12). The van der Waals surface area contributed by atoms with Gasteiger partial charge in [0.1, 0.15) is 11.5 Å². The molecule has 0 aromatic carbocycles. The molecular formula is C9H16N4. The van der Waals surface area contributed by atoms with Gasteiger partial charge in [0.15, 0.2) is 5.82 Å². The van der Waals surface area contributed by atoms with Gasteiger partial charge in [-0.05, 0) is 19.3 Å². The monoisotopic (exact) mass is 180 g/mol. The Balaban J connectivity index is 2.92. The van der Waals surface area contributed by atoms with Gasteiger partial charge in [-0.3, -0.25) is 0 Å². The molecule has 1 heterocycles. The van der Waals surface area contributed by atoms with Crippen LogP contribution in [-0.2, 0) is 6.42 Å². The number of hydrogen-bond donors (Lipinski definition) is 1. The minimum Gasteiger partial charge on any atom is -0.372 e. The molecule has 0 radical (unpaired) electrons. The third kappa shape index (κ3) is 2.65. The third-order valence-electron chi connectivity index (χ3n) is 1.70. The van der Waals surface area contributed by atoms with Crippen molar-refractivity contribution < 1.29 is 0 Å². The average molecular weight is 180 g/mol. The molecule has 0 saturated carbocycles. The molecule has 4 heteroatoms. The summed E-state index contributed by atoms with van der Waals surface area (Å²) >= 11 is 0. The van der Waals surface area contributed by atoms with Crippen LogP contribution in [-0.4, -0.2) is 22.2 Å². The molecule has 1 aromatic heterocycles. The second kappa shape index (κ2) is 4.16. The molecule has 0 aliphatic carbocycles. The van der Waals surface area contributed by atoms with Crippen LogP contribution >= 0.6 is 0 Å². The van der Waals surface area contributed by atoms with Crippen molar-refractivity contribution in [2.75, 3.05) is 12.4 Å². The zero-order valence-electron chi connectivity index (χ0n) is 8.63. The zero-order valence-corrected chi connectivity index (χ0v) is 8.63. The first-order chi connectivity index (χ1) is 6.13. The van der Waals surface area contributed by atoms with Crippen molar-refractivity contribution in [3.63, 3.8) is 0 Å². The van der Waals surface area contributed by atoms with Crippen LogP contribution in [0.15, 0.2) is 0 Å². The molecule has 0 aliphatic rings. The average Bonchev–Trinajstić information content (AvgIpc) is 2.07. The first-order valence-electron chi connectivity index (χ1n) is 4.51. The van der Waals surface area contributed by atoms with Crippen LogP contribution < -0.4 is 5.32 Å². The summed E-state index contributed by atoms with van der Waals surface area (Å²) in [6.07, 6.45) is 0.913. The second-order valence-electron chi connectivity index (χ2n) is 3.50. The molecule has 0 atom stereocenters. The van der Waals surface area contributed by atoms with Gasteiger partial charge in [0, 0.05) is 7.05 Å². The van der Waals surface area contributed by atoms with E-state index >= 15 is 0 Å². The van der Waals surface area contributed by atoms with Crippen molar-refractivity contribution in [2.24, 2.45) is 5.92 Å². The molecule has 1 N–H and O–H groups in total. The highest BCUT2D eigenvalue weighted by Gasteiger charge is 2.07. The number of hydrogen-bond acceptors (Lipinski definition) is 4. The summed E-state index contributed by atoms with van der Waals surface area (Å²) in [7, 11) is 1.85. The second-order valence-corrected chi connectivity index (χ2v) is 3.50. The van der Waals surface area contributed by atoms with Gasteiger partial charge < -0.3 is 5.32 Å².